The van der Waals surface area contributed by atoms with Crippen molar-refractivity contribution in [3.8, 4) is 11.4 Å². The number of para-hydroxylation sites is 1. The molecule has 0 saturated heterocycles. The number of hydrogen-bond acceptors (Lipinski definition) is 6. The van der Waals surface area contributed by atoms with Crippen LogP contribution >= 0.6 is 39.0 Å². The van der Waals surface area contributed by atoms with E-state index in [-0.39, 0.29) is 17.2 Å². The molecule has 1 aliphatic rings. The zero-order chi connectivity index (χ0) is 24.4. The van der Waals surface area contributed by atoms with Crippen LogP contribution in [-0.4, -0.2) is 27.8 Å². The second kappa shape index (κ2) is 10.6. The quantitative estimate of drug-likeness (QED) is 0.211. The van der Waals surface area contributed by atoms with Crippen LogP contribution in [0.25, 0.3) is 15.9 Å². The van der Waals surface area contributed by atoms with E-state index in [2.05, 4.69) is 21.2 Å². The van der Waals surface area contributed by atoms with Gasteiger partial charge in [0.15, 0.2) is 5.16 Å². The van der Waals surface area contributed by atoms with Crippen molar-refractivity contribution in [1.29, 1.82) is 0 Å². The fraction of sp³-hybridized carbons (Fsp3) is 0.269. The fourth-order valence-electron chi connectivity index (χ4n) is 4.25. The molecule has 5 rings (SSSR count). The van der Waals surface area contributed by atoms with Gasteiger partial charge in [-0.3, -0.25) is 14.2 Å². The first kappa shape index (κ1) is 24.1. The van der Waals surface area contributed by atoms with Crippen molar-refractivity contribution in [2.24, 2.45) is 0 Å². The minimum absolute atomic E-state index is 0.0766. The van der Waals surface area contributed by atoms with E-state index in [0.29, 0.717) is 23.1 Å². The van der Waals surface area contributed by atoms with Gasteiger partial charge in [0.1, 0.15) is 10.6 Å². The molecule has 4 aromatic rings. The lowest BCUT2D eigenvalue weighted by atomic mass is 9.97. The van der Waals surface area contributed by atoms with E-state index in [9.17, 15) is 9.59 Å². The standard InChI is InChI=1S/C26H24BrN3O3S2/c1-2-33-17-13-11-16(12-14-17)30-25(32)23-18-7-3-6-10-21(18)35-24(23)29-26(30)34-15-22(31)28-20-9-5-4-8-19(20)27/h4-5,8-9,11-14H,2-3,6-7,10,15H2,1H3,(H,28,31). The SMILES string of the molecule is CCOc1ccc(-n2c(SCC(=O)Nc3ccccc3Br)nc3sc4c(c3c2=O)CCCC4)cc1. The third-order valence-electron chi connectivity index (χ3n) is 5.84. The normalized spacial score (nSPS) is 13.0. The van der Waals surface area contributed by atoms with Crippen LogP contribution in [0.1, 0.15) is 30.2 Å². The number of benzene rings is 2. The van der Waals surface area contributed by atoms with Gasteiger partial charge < -0.3 is 10.1 Å². The van der Waals surface area contributed by atoms with Crippen molar-refractivity contribution in [2.45, 2.75) is 37.8 Å². The summed E-state index contributed by atoms with van der Waals surface area (Å²) in [7, 11) is 0. The average Bonchev–Trinajstić information content (AvgIpc) is 3.24. The number of aryl methyl sites for hydroxylation is 2. The molecular weight excluding hydrogens is 546 g/mol. The summed E-state index contributed by atoms with van der Waals surface area (Å²) in [6.07, 6.45) is 4.14. The van der Waals surface area contributed by atoms with Crippen LogP contribution in [0.3, 0.4) is 0 Å². The Morgan fingerprint density at radius 2 is 1.94 bits per heavy atom. The smallest absolute Gasteiger partial charge is 0.267 e. The summed E-state index contributed by atoms with van der Waals surface area (Å²) < 4.78 is 8.02. The number of halogens is 1. The Kier molecular flexibility index (Phi) is 7.27. The highest BCUT2D eigenvalue weighted by Gasteiger charge is 2.23. The van der Waals surface area contributed by atoms with Crippen LogP contribution in [0.4, 0.5) is 5.69 Å². The largest absolute Gasteiger partial charge is 0.494 e. The Hall–Kier alpha value is -2.62. The molecule has 0 spiro atoms. The maximum Gasteiger partial charge on any atom is 0.267 e. The molecule has 0 aliphatic heterocycles. The van der Waals surface area contributed by atoms with E-state index in [0.717, 1.165) is 51.7 Å². The van der Waals surface area contributed by atoms with E-state index in [4.69, 9.17) is 9.72 Å². The van der Waals surface area contributed by atoms with Gasteiger partial charge in [0.2, 0.25) is 5.91 Å². The Balaban J connectivity index is 1.52. The Morgan fingerprint density at radius 1 is 1.17 bits per heavy atom. The molecule has 2 aromatic heterocycles. The first-order valence-corrected chi connectivity index (χ1v) is 14.1. The van der Waals surface area contributed by atoms with E-state index in [1.165, 1.54) is 16.6 Å². The van der Waals surface area contributed by atoms with E-state index in [1.54, 1.807) is 15.9 Å². The van der Waals surface area contributed by atoms with Gasteiger partial charge in [0.25, 0.3) is 5.56 Å². The molecule has 35 heavy (non-hydrogen) atoms. The van der Waals surface area contributed by atoms with Crippen LogP contribution in [0.5, 0.6) is 5.75 Å². The van der Waals surface area contributed by atoms with Crippen LogP contribution in [0.2, 0.25) is 0 Å². The van der Waals surface area contributed by atoms with Gasteiger partial charge in [-0.05, 0) is 90.5 Å². The van der Waals surface area contributed by atoms with Gasteiger partial charge in [-0.2, -0.15) is 0 Å². The number of carbonyl (C=O) groups is 1. The Morgan fingerprint density at radius 3 is 2.71 bits per heavy atom. The topological polar surface area (TPSA) is 73.2 Å². The minimum atomic E-state index is -0.167. The summed E-state index contributed by atoms with van der Waals surface area (Å²) in [4.78, 5) is 33.5. The van der Waals surface area contributed by atoms with Crippen LogP contribution in [0.15, 0.2) is 63.0 Å². The molecule has 1 N–H and O–H groups in total. The molecule has 9 heteroatoms. The highest BCUT2D eigenvalue weighted by atomic mass is 79.9. The molecule has 180 valence electrons. The van der Waals surface area contributed by atoms with Gasteiger partial charge in [-0.25, -0.2) is 4.98 Å². The van der Waals surface area contributed by atoms with E-state index in [1.807, 2.05) is 55.5 Å². The number of amides is 1. The van der Waals surface area contributed by atoms with E-state index >= 15 is 0 Å². The number of hydrogen-bond donors (Lipinski definition) is 1. The second-order valence-corrected chi connectivity index (χ2v) is 11.1. The number of rotatable bonds is 7. The lowest BCUT2D eigenvalue weighted by Crippen LogP contribution is -2.23. The number of fused-ring (bicyclic) bond motifs is 3. The van der Waals surface area contributed by atoms with Gasteiger partial charge in [-0.15, -0.1) is 11.3 Å². The highest BCUT2D eigenvalue weighted by molar-refractivity contribution is 9.10. The van der Waals surface area contributed by atoms with Gasteiger partial charge in [0.05, 0.1) is 29.1 Å². The number of ether oxygens (including phenoxy) is 1. The summed E-state index contributed by atoms with van der Waals surface area (Å²) >= 11 is 6.34. The molecule has 2 aromatic carbocycles. The van der Waals surface area contributed by atoms with Crippen LogP contribution < -0.4 is 15.6 Å². The monoisotopic (exact) mass is 569 g/mol. The summed E-state index contributed by atoms with van der Waals surface area (Å²) in [6.45, 7) is 2.51. The Labute approximate surface area is 219 Å². The third-order valence-corrected chi connectivity index (χ3v) is 8.66. The van der Waals surface area contributed by atoms with Gasteiger partial charge >= 0.3 is 0 Å². The molecule has 1 amide bonds. The van der Waals surface area contributed by atoms with Crippen molar-refractivity contribution in [3.63, 3.8) is 0 Å². The number of nitrogens with one attached hydrogen (secondary N) is 1. The molecule has 0 unspecified atom stereocenters. The van der Waals surface area contributed by atoms with Crippen molar-refractivity contribution in [3.05, 3.63) is 73.8 Å². The Bertz CT molecular complexity index is 1450. The molecule has 0 saturated carbocycles. The summed E-state index contributed by atoms with van der Waals surface area (Å²) in [5.74, 6) is 0.703. The first-order valence-electron chi connectivity index (χ1n) is 11.5. The molecule has 0 atom stereocenters. The molecule has 0 bridgehead atoms. The second-order valence-electron chi connectivity index (χ2n) is 8.17. The zero-order valence-corrected chi connectivity index (χ0v) is 22.4. The summed E-state index contributed by atoms with van der Waals surface area (Å²) in [5.41, 5.74) is 2.48. The van der Waals surface area contributed by atoms with E-state index < -0.39 is 0 Å². The number of thioether (sulfide) groups is 1. The number of aromatic nitrogens is 2. The maximum absolute atomic E-state index is 13.9. The summed E-state index contributed by atoms with van der Waals surface area (Å²) in [6, 6.07) is 14.9. The molecule has 2 heterocycles. The summed E-state index contributed by atoms with van der Waals surface area (Å²) in [5, 5.41) is 4.15. The molecule has 0 radical (unpaired) electrons. The number of nitrogens with zero attached hydrogens (tertiary/aromatic N) is 2. The van der Waals surface area contributed by atoms with Crippen molar-refractivity contribution in [2.75, 3.05) is 17.7 Å². The van der Waals surface area contributed by atoms with Crippen molar-refractivity contribution >= 4 is 60.8 Å². The van der Waals surface area contributed by atoms with Gasteiger partial charge in [-0.1, -0.05) is 23.9 Å². The lowest BCUT2D eigenvalue weighted by Gasteiger charge is -2.14. The van der Waals surface area contributed by atoms with Gasteiger partial charge in [0, 0.05) is 9.35 Å². The number of anilines is 1. The predicted octanol–water partition coefficient (Wildman–Crippen LogP) is 6.22. The third kappa shape index (κ3) is 5.03. The molecular formula is C26H24BrN3O3S2. The predicted molar refractivity (Wildman–Crippen MR) is 147 cm³/mol. The first-order chi connectivity index (χ1) is 17.0. The maximum atomic E-state index is 13.9. The van der Waals surface area contributed by atoms with Crippen molar-refractivity contribution in [1.82, 2.24) is 9.55 Å². The van der Waals surface area contributed by atoms with Crippen LogP contribution in [0, 0.1) is 0 Å². The molecule has 6 nitrogen and oxygen atoms in total. The average molecular weight is 571 g/mol. The number of thiophene rings is 1. The van der Waals surface area contributed by atoms with Crippen molar-refractivity contribution < 1.29 is 9.53 Å². The zero-order valence-electron chi connectivity index (χ0n) is 19.2. The minimum Gasteiger partial charge on any atom is -0.494 e. The number of carbonyl (C=O) groups excluding carboxylic acids is 1. The highest BCUT2D eigenvalue weighted by Crippen LogP contribution is 2.35. The fourth-order valence-corrected chi connectivity index (χ4v) is 6.75. The van der Waals surface area contributed by atoms with Crippen LogP contribution in [-0.2, 0) is 17.6 Å². The molecule has 1 aliphatic carbocycles. The molecule has 0 fully saturated rings. The lowest BCUT2D eigenvalue weighted by molar-refractivity contribution is -0.113.